The van der Waals surface area contributed by atoms with Gasteiger partial charge in [0.05, 0.1) is 11.9 Å². The molecule has 2 aromatic rings. The maximum Gasteiger partial charge on any atom is 0.246 e. The number of amides is 1. The molecule has 1 aliphatic rings. The highest BCUT2D eigenvalue weighted by molar-refractivity contribution is 7.92. The van der Waals surface area contributed by atoms with Crippen LogP contribution < -0.4 is 4.31 Å². The third-order valence-corrected chi connectivity index (χ3v) is 6.44. The van der Waals surface area contributed by atoms with Gasteiger partial charge in [-0.2, -0.15) is 0 Å². The Kier molecular flexibility index (Phi) is 6.92. The van der Waals surface area contributed by atoms with Crippen molar-refractivity contribution < 1.29 is 13.2 Å². The molecule has 0 bridgehead atoms. The Morgan fingerprint density at radius 1 is 0.966 bits per heavy atom. The lowest BCUT2D eigenvalue weighted by Gasteiger charge is -2.39. The van der Waals surface area contributed by atoms with Gasteiger partial charge in [0.2, 0.25) is 15.9 Å². The van der Waals surface area contributed by atoms with Crippen molar-refractivity contribution in [3.63, 3.8) is 0 Å². The van der Waals surface area contributed by atoms with Gasteiger partial charge in [-0.05, 0) is 24.1 Å². The quantitative estimate of drug-likeness (QED) is 0.697. The third kappa shape index (κ3) is 5.36. The Morgan fingerprint density at radius 2 is 1.52 bits per heavy atom. The molecule has 1 amide bonds. The number of para-hydroxylation sites is 1. The van der Waals surface area contributed by atoms with Gasteiger partial charge in [-0.15, -0.1) is 0 Å². The van der Waals surface area contributed by atoms with Crippen molar-refractivity contribution in [1.29, 1.82) is 0 Å². The van der Waals surface area contributed by atoms with Crippen LogP contribution in [0.15, 0.2) is 60.7 Å². The Hall–Kier alpha value is -2.38. The lowest BCUT2D eigenvalue weighted by Crippen LogP contribution is -2.55. The molecule has 0 saturated carbocycles. The van der Waals surface area contributed by atoms with Crippen molar-refractivity contribution in [2.45, 2.75) is 25.9 Å². The summed E-state index contributed by atoms with van der Waals surface area (Å²) in [5, 5.41) is 0. The van der Waals surface area contributed by atoms with Crippen LogP contribution in [0.4, 0.5) is 5.69 Å². The van der Waals surface area contributed by atoms with Gasteiger partial charge in [0.1, 0.15) is 6.04 Å². The largest absolute Gasteiger partial charge is 0.338 e. The molecule has 6 nitrogen and oxygen atoms in total. The van der Waals surface area contributed by atoms with Crippen LogP contribution in [0.2, 0.25) is 0 Å². The number of carbonyl (C=O) groups is 1. The van der Waals surface area contributed by atoms with Gasteiger partial charge < -0.3 is 4.90 Å². The summed E-state index contributed by atoms with van der Waals surface area (Å²) >= 11 is 0. The first kappa shape index (κ1) is 21.3. The van der Waals surface area contributed by atoms with Gasteiger partial charge in [-0.1, -0.05) is 55.5 Å². The number of sulfonamides is 1. The second-order valence-electron chi connectivity index (χ2n) is 7.41. The fourth-order valence-corrected chi connectivity index (χ4v) is 5.00. The highest BCUT2D eigenvalue weighted by Gasteiger charge is 2.35. The predicted molar refractivity (Wildman–Crippen MR) is 116 cm³/mol. The van der Waals surface area contributed by atoms with Crippen molar-refractivity contribution in [3.05, 3.63) is 66.2 Å². The lowest BCUT2D eigenvalue weighted by molar-refractivity contribution is -0.134. The molecule has 156 valence electrons. The Bertz CT molecular complexity index is 895. The van der Waals surface area contributed by atoms with Gasteiger partial charge >= 0.3 is 0 Å². The highest BCUT2D eigenvalue weighted by atomic mass is 32.2. The van der Waals surface area contributed by atoms with Crippen LogP contribution >= 0.6 is 0 Å². The standard InChI is InChI=1S/C22H29N3O3S/c1-3-21(25(29(2,27)28)20-12-8-5-9-13-20)22(26)24-16-14-23(15-17-24)18-19-10-6-4-7-11-19/h4-13,21H,3,14-18H2,1-2H3. The molecule has 1 heterocycles. The zero-order chi connectivity index (χ0) is 20.9. The molecule has 1 fully saturated rings. The molecule has 7 heteroatoms. The van der Waals surface area contributed by atoms with Crippen molar-refractivity contribution in [2.75, 3.05) is 36.7 Å². The van der Waals surface area contributed by atoms with E-state index in [4.69, 9.17) is 0 Å². The number of hydrogen-bond acceptors (Lipinski definition) is 4. The van der Waals surface area contributed by atoms with Crippen LogP contribution in [0.1, 0.15) is 18.9 Å². The van der Waals surface area contributed by atoms with E-state index in [-0.39, 0.29) is 5.91 Å². The van der Waals surface area contributed by atoms with Gasteiger partial charge in [0.15, 0.2) is 0 Å². The lowest BCUT2D eigenvalue weighted by atomic mass is 10.1. The number of rotatable bonds is 7. The molecule has 0 N–H and O–H groups in total. The smallest absolute Gasteiger partial charge is 0.246 e. The van der Waals surface area contributed by atoms with Crippen LogP contribution in [-0.4, -0.2) is 62.6 Å². The molecular weight excluding hydrogens is 386 g/mol. The van der Waals surface area contributed by atoms with E-state index in [9.17, 15) is 13.2 Å². The SMILES string of the molecule is CCC(C(=O)N1CCN(Cc2ccccc2)CC1)N(c1ccccc1)S(C)(=O)=O. The number of nitrogens with zero attached hydrogens (tertiary/aromatic N) is 3. The summed E-state index contributed by atoms with van der Waals surface area (Å²) < 4.78 is 26.3. The number of anilines is 1. The van der Waals surface area contributed by atoms with Crippen LogP contribution in [0.25, 0.3) is 0 Å². The third-order valence-electron chi connectivity index (χ3n) is 5.26. The first-order valence-corrected chi connectivity index (χ1v) is 11.8. The molecule has 1 atom stereocenters. The maximum absolute atomic E-state index is 13.3. The summed E-state index contributed by atoms with van der Waals surface area (Å²) in [4.78, 5) is 17.4. The van der Waals surface area contributed by atoms with E-state index in [1.807, 2.05) is 31.2 Å². The van der Waals surface area contributed by atoms with Crippen molar-refractivity contribution in [1.82, 2.24) is 9.80 Å². The summed E-state index contributed by atoms with van der Waals surface area (Å²) in [6.07, 6.45) is 1.58. The van der Waals surface area contributed by atoms with E-state index in [0.29, 0.717) is 25.2 Å². The average Bonchev–Trinajstić information content (AvgIpc) is 2.72. The van der Waals surface area contributed by atoms with E-state index in [1.165, 1.54) is 9.87 Å². The van der Waals surface area contributed by atoms with Crippen LogP contribution in [0.5, 0.6) is 0 Å². The molecular formula is C22H29N3O3S. The number of carbonyl (C=O) groups excluding carboxylic acids is 1. The van der Waals surface area contributed by atoms with Gasteiger partial charge in [0.25, 0.3) is 0 Å². The monoisotopic (exact) mass is 415 g/mol. The van der Waals surface area contributed by atoms with E-state index in [0.717, 1.165) is 25.9 Å². The first-order valence-electron chi connectivity index (χ1n) is 9.99. The fourth-order valence-electron chi connectivity index (χ4n) is 3.80. The molecule has 0 aliphatic carbocycles. The van der Waals surface area contributed by atoms with E-state index in [2.05, 4.69) is 17.0 Å². The van der Waals surface area contributed by atoms with E-state index >= 15 is 0 Å². The summed E-state index contributed by atoms with van der Waals surface area (Å²) in [5.41, 5.74) is 1.78. The maximum atomic E-state index is 13.3. The van der Waals surface area contributed by atoms with Crippen molar-refractivity contribution in [2.24, 2.45) is 0 Å². The van der Waals surface area contributed by atoms with Crippen LogP contribution in [0.3, 0.4) is 0 Å². The van der Waals surface area contributed by atoms with Crippen LogP contribution in [-0.2, 0) is 21.4 Å². The zero-order valence-electron chi connectivity index (χ0n) is 17.1. The van der Waals surface area contributed by atoms with Crippen molar-refractivity contribution >= 4 is 21.6 Å². The van der Waals surface area contributed by atoms with E-state index < -0.39 is 16.1 Å². The number of hydrogen-bond donors (Lipinski definition) is 0. The van der Waals surface area contributed by atoms with Gasteiger partial charge in [0, 0.05) is 32.7 Å². The number of benzene rings is 2. The topological polar surface area (TPSA) is 60.9 Å². The predicted octanol–water partition coefficient (Wildman–Crippen LogP) is 2.58. The average molecular weight is 416 g/mol. The Balaban J connectivity index is 1.69. The molecule has 1 unspecified atom stereocenters. The minimum atomic E-state index is -3.59. The molecule has 3 rings (SSSR count). The molecule has 0 radical (unpaired) electrons. The minimum absolute atomic E-state index is 0.124. The molecule has 1 aliphatic heterocycles. The summed E-state index contributed by atoms with van der Waals surface area (Å²) in [6.45, 7) is 5.49. The molecule has 0 spiro atoms. The minimum Gasteiger partial charge on any atom is -0.338 e. The Labute approximate surface area is 173 Å². The summed E-state index contributed by atoms with van der Waals surface area (Å²) in [6, 6.07) is 18.4. The molecule has 2 aromatic carbocycles. The van der Waals surface area contributed by atoms with Gasteiger partial charge in [-0.25, -0.2) is 8.42 Å². The zero-order valence-corrected chi connectivity index (χ0v) is 17.9. The number of piperazine rings is 1. The first-order chi connectivity index (χ1) is 13.9. The van der Waals surface area contributed by atoms with E-state index in [1.54, 1.807) is 29.2 Å². The fraction of sp³-hybridized carbons (Fsp3) is 0.409. The summed E-state index contributed by atoms with van der Waals surface area (Å²) in [7, 11) is -3.59. The Morgan fingerprint density at radius 3 is 2.03 bits per heavy atom. The molecule has 29 heavy (non-hydrogen) atoms. The highest BCUT2D eigenvalue weighted by Crippen LogP contribution is 2.23. The molecule has 0 aromatic heterocycles. The second-order valence-corrected chi connectivity index (χ2v) is 9.26. The molecule has 1 saturated heterocycles. The normalized spacial score (nSPS) is 16.4. The van der Waals surface area contributed by atoms with Crippen molar-refractivity contribution in [3.8, 4) is 0 Å². The summed E-state index contributed by atoms with van der Waals surface area (Å²) in [5.74, 6) is -0.124. The van der Waals surface area contributed by atoms with Crippen LogP contribution in [0, 0.1) is 0 Å². The van der Waals surface area contributed by atoms with Gasteiger partial charge in [-0.3, -0.25) is 14.0 Å². The second kappa shape index (κ2) is 9.41.